The minimum absolute atomic E-state index is 0.168. The van der Waals surface area contributed by atoms with Crippen LogP contribution in [0.5, 0.6) is 5.75 Å². The molecule has 122 valence electrons. The number of hydrogen-bond donors (Lipinski definition) is 1. The molecule has 2 aromatic rings. The van der Waals surface area contributed by atoms with Crippen molar-refractivity contribution in [3.05, 3.63) is 59.7 Å². The smallest absolute Gasteiger partial charge is 0.259 e. The van der Waals surface area contributed by atoms with Gasteiger partial charge in [0.05, 0.1) is 12.7 Å². The lowest BCUT2D eigenvalue weighted by Gasteiger charge is -2.18. The van der Waals surface area contributed by atoms with E-state index in [4.69, 9.17) is 4.74 Å². The van der Waals surface area contributed by atoms with Gasteiger partial charge in [-0.05, 0) is 42.9 Å². The van der Waals surface area contributed by atoms with Gasteiger partial charge in [0.15, 0.2) is 0 Å². The van der Waals surface area contributed by atoms with Crippen LogP contribution in [-0.2, 0) is 6.54 Å². The number of hydrogen-bond acceptors (Lipinski definition) is 3. The molecule has 4 nitrogen and oxygen atoms in total. The van der Waals surface area contributed by atoms with Crippen molar-refractivity contribution in [3.8, 4) is 5.75 Å². The molecule has 0 aliphatic rings. The number of carbonyl (C=O) groups is 1. The van der Waals surface area contributed by atoms with Crippen LogP contribution in [0.25, 0.3) is 0 Å². The normalized spacial score (nSPS) is 10.6. The standard InChI is InChI=1S/C19H24N2O2/c1-4-21(5-2)14-15-10-12-16(13-11-15)20-19(22)17-8-6-7-9-18(17)23-3/h6-13H,4-5,14H2,1-3H3,(H,20,22). The van der Waals surface area contributed by atoms with Gasteiger partial charge in [-0.25, -0.2) is 0 Å². The Balaban J connectivity index is 2.04. The van der Waals surface area contributed by atoms with Gasteiger partial charge in [0, 0.05) is 12.2 Å². The number of methoxy groups -OCH3 is 1. The largest absolute Gasteiger partial charge is 0.496 e. The summed E-state index contributed by atoms with van der Waals surface area (Å²) in [6.45, 7) is 7.30. The first-order chi connectivity index (χ1) is 11.2. The van der Waals surface area contributed by atoms with Gasteiger partial charge in [0.1, 0.15) is 5.75 Å². The quantitative estimate of drug-likeness (QED) is 0.846. The number of ether oxygens (including phenoxy) is 1. The summed E-state index contributed by atoms with van der Waals surface area (Å²) in [5, 5.41) is 2.91. The Morgan fingerprint density at radius 3 is 2.30 bits per heavy atom. The first kappa shape index (κ1) is 17.0. The van der Waals surface area contributed by atoms with Gasteiger partial charge in [-0.2, -0.15) is 0 Å². The SMILES string of the molecule is CCN(CC)Cc1ccc(NC(=O)c2ccccc2OC)cc1. The van der Waals surface area contributed by atoms with E-state index in [0.717, 1.165) is 25.3 Å². The molecule has 23 heavy (non-hydrogen) atoms. The van der Waals surface area contributed by atoms with Crippen molar-refractivity contribution in [3.63, 3.8) is 0 Å². The highest BCUT2D eigenvalue weighted by atomic mass is 16.5. The molecular formula is C19H24N2O2. The summed E-state index contributed by atoms with van der Waals surface area (Å²) in [5.41, 5.74) is 2.55. The van der Waals surface area contributed by atoms with Crippen LogP contribution in [0.2, 0.25) is 0 Å². The average Bonchev–Trinajstić information content (AvgIpc) is 2.61. The highest BCUT2D eigenvalue weighted by molar-refractivity contribution is 6.06. The molecule has 0 fully saturated rings. The van der Waals surface area contributed by atoms with Gasteiger partial charge < -0.3 is 10.1 Å². The van der Waals surface area contributed by atoms with Crippen molar-refractivity contribution in [1.29, 1.82) is 0 Å². The van der Waals surface area contributed by atoms with Crippen molar-refractivity contribution in [1.82, 2.24) is 4.90 Å². The molecule has 0 heterocycles. The zero-order valence-electron chi connectivity index (χ0n) is 14.0. The number of nitrogens with one attached hydrogen (secondary N) is 1. The van der Waals surface area contributed by atoms with Gasteiger partial charge in [-0.3, -0.25) is 9.69 Å². The molecule has 1 amide bonds. The lowest BCUT2D eigenvalue weighted by molar-refractivity contribution is 0.102. The van der Waals surface area contributed by atoms with Gasteiger partial charge in [-0.15, -0.1) is 0 Å². The van der Waals surface area contributed by atoms with E-state index in [2.05, 4.69) is 36.2 Å². The molecule has 0 aliphatic carbocycles. The number of amides is 1. The van der Waals surface area contributed by atoms with Gasteiger partial charge in [0.25, 0.3) is 5.91 Å². The van der Waals surface area contributed by atoms with E-state index in [9.17, 15) is 4.79 Å². The van der Waals surface area contributed by atoms with E-state index < -0.39 is 0 Å². The van der Waals surface area contributed by atoms with Gasteiger partial charge >= 0.3 is 0 Å². The van der Waals surface area contributed by atoms with Crippen LogP contribution in [0.1, 0.15) is 29.8 Å². The molecule has 2 aromatic carbocycles. The zero-order chi connectivity index (χ0) is 16.7. The van der Waals surface area contributed by atoms with Crippen LogP contribution in [0.4, 0.5) is 5.69 Å². The summed E-state index contributed by atoms with van der Waals surface area (Å²) in [5.74, 6) is 0.405. The monoisotopic (exact) mass is 312 g/mol. The minimum atomic E-state index is -0.168. The highest BCUT2D eigenvalue weighted by Crippen LogP contribution is 2.19. The highest BCUT2D eigenvalue weighted by Gasteiger charge is 2.11. The van der Waals surface area contributed by atoms with Crippen LogP contribution in [0, 0.1) is 0 Å². The maximum absolute atomic E-state index is 12.3. The summed E-state index contributed by atoms with van der Waals surface area (Å²) in [6, 6.07) is 15.2. The number of anilines is 1. The van der Waals surface area contributed by atoms with E-state index in [1.165, 1.54) is 5.56 Å². The van der Waals surface area contributed by atoms with Crippen LogP contribution < -0.4 is 10.1 Å². The molecule has 4 heteroatoms. The number of rotatable bonds is 7. The maximum Gasteiger partial charge on any atom is 0.259 e. The molecule has 0 radical (unpaired) electrons. The van der Waals surface area contributed by atoms with Crippen molar-refractivity contribution in [2.45, 2.75) is 20.4 Å². The second-order valence-corrected chi connectivity index (χ2v) is 5.31. The number of benzene rings is 2. The average molecular weight is 312 g/mol. The predicted molar refractivity (Wildman–Crippen MR) is 94.0 cm³/mol. The summed E-state index contributed by atoms with van der Waals surface area (Å²) < 4.78 is 5.23. The summed E-state index contributed by atoms with van der Waals surface area (Å²) in [6.07, 6.45) is 0. The van der Waals surface area contributed by atoms with E-state index >= 15 is 0 Å². The fourth-order valence-electron chi connectivity index (χ4n) is 2.43. The first-order valence-electron chi connectivity index (χ1n) is 7.93. The number of nitrogens with zero attached hydrogens (tertiary/aromatic N) is 1. The van der Waals surface area contributed by atoms with Gasteiger partial charge in [0.2, 0.25) is 0 Å². The number of carbonyl (C=O) groups excluding carboxylic acids is 1. The van der Waals surface area contributed by atoms with E-state index in [1.54, 1.807) is 19.2 Å². The third-order valence-electron chi connectivity index (χ3n) is 3.86. The molecular weight excluding hydrogens is 288 g/mol. The Kier molecular flexibility index (Phi) is 6.18. The van der Waals surface area contributed by atoms with Crippen molar-refractivity contribution < 1.29 is 9.53 Å². The fraction of sp³-hybridized carbons (Fsp3) is 0.316. The maximum atomic E-state index is 12.3. The molecule has 0 aliphatic heterocycles. The predicted octanol–water partition coefficient (Wildman–Crippen LogP) is 3.79. The van der Waals surface area contributed by atoms with E-state index in [-0.39, 0.29) is 5.91 Å². The van der Waals surface area contributed by atoms with Gasteiger partial charge in [-0.1, -0.05) is 38.1 Å². The molecule has 0 aromatic heterocycles. The second-order valence-electron chi connectivity index (χ2n) is 5.31. The second kappa shape index (κ2) is 8.34. The Bertz CT molecular complexity index is 634. The first-order valence-corrected chi connectivity index (χ1v) is 7.93. The molecule has 0 spiro atoms. The van der Waals surface area contributed by atoms with Crippen LogP contribution in [0.3, 0.4) is 0 Å². The Labute approximate surface area is 138 Å². The lowest BCUT2D eigenvalue weighted by Crippen LogP contribution is -2.22. The number of para-hydroxylation sites is 1. The summed E-state index contributed by atoms with van der Waals surface area (Å²) >= 11 is 0. The molecule has 1 N–H and O–H groups in total. The van der Waals surface area contributed by atoms with Crippen molar-refractivity contribution in [2.75, 3.05) is 25.5 Å². The molecule has 0 unspecified atom stereocenters. The lowest BCUT2D eigenvalue weighted by atomic mass is 10.1. The van der Waals surface area contributed by atoms with Crippen LogP contribution >= 0.6 is 0 Å². The zero-order valence-corrected chi connectivity index (χ0v) is 14.0. The Hall–Kier alpha value is -2.33. The van der Waals surface area contributed by atoms with Crippen molar-refractivity contribution in [2.24, 2.45) is 0 Å². The van der Waals surface area contributed by atoms with E-state index in [0.29, 0.717) is 11.3 Å². The summed E-state index contributed by atoms with van der Waals surface area (Å²) in [4.78, 5) is 14.7. The molecule has 0 atom stereocenters. The molecule has 0 saturated heterocycles. The third-order valence-corrected chi connectivity index (χ3v) is 3.86. The Morgan fingerprint density at radius 1 is 1.04 bits per heavy atom. The van der Waals surface area contributed by atoms with Crippen LogP contribution in [0.15, 0.2) is 48.5 Å². The topological polar surface area (TPSA) is 41.6 Å². The van der Waals surface area contributed by atoms with Crippen molar-refractivity contribution >= 4 is 11.6 Å². The van der Waals surface area contributed by atoms with Crippen LogP contribution in [-0.4, -0.2) is 31.0 Å². The summed E-state index contributed by atoms with van der Waals surface area (Å²) in [7, 11) is 1.56. The molecule has 0 saturated carbocycles. The Morgan fingerprint density at radius 2 is 1.70 bits per heavy atom. The minimum Gasteiger partial charge on any atom is -0.496 e. The third kappa shape index (κ3) is 4.57. The van der Waals surface area contributed by atoms with E-state index in [1.807, 2.05) is 24.3 Å². The fourth-order valence-corrected chi connectivity index (χ4v) is 2.43. The molecule has 0 bridgehead atoms. The molecule has 2 rings (SSSR count).